The fourth-order valence-corrected chi connectivity index (χ4v) is 4.35. The molecule has 3 aromatic carbocycles. The highest BCUT2D eigenvalue weighted by atomic mass is 16.5. The first kappa shape index (κ1) is 24.1. The van der Waals surface area contributed by atoms with Crippen LogP contribution in [0.1, 0.15) is 5.56 Å². The van der Waals surface area contributed by atoms with Gasteiger partial charge in [-0.25, -0.2) is 9.97 Å². The third kappa shape index (κ3) is 4.91. The number of nitrogens with one attached hydrogen (secondary N) is 1. The maximum absolute atomic E-state index is 11.8. The third-order valence-electron chi connectivity index (χ3n) is 6.35. The monoisotopic (exact) mass is 496 g/mol. The van der Waals surface area contributed by atoms with Gasteiger partial charge in [-0.3, -0.25) is 4.79 Å². The number of methoxy groups -OCH3 is 2. The summed E-state index contributed by atoms with van der Waals surface area (Å²) in [5.74, 6) is 2.31. The largest absolute Gasteiger partial charge is 0.495 e. The Morgan fingerprint density at radius 2 is 1.78 bits per heavy atom. The average Bonchev–Trinajstić information content (AvgIpc) is 2.89. The Balaban J connectivity index is 1.48. The molecule has 0 unspecified atom stereocenters. The van der Waals surface area contributed by atoms with Crippen LogP contribution in [0.2, 0.25) is 0 Å². The molecule has 1 fully saturated rings. The van der Waals surface area contributed by atoms with Crippen LogP contribution < -0.4 is 19.5 Å². The van der Waals surface area contributed by atoms with E-state index in [2.05, 4.69) is 47.0 Å². The zero-order valence-corrected chi connectivity index (χ0v) is 21.0. The van der Waals surface area contributed by atoms with Gasteiger partial charge in [-0.1, -0.05) is 42.5 Å². The van der Waals surface area contributed by atoms with Crippen LogP contribution in [-0.2, 0) is 4.79 Å². The highest BCUT2D eigenvalue weighted by Gasteiger charge is 2.31. The fourth-order valence-electron chi connectivity index (χ4n) is 4.35. The number of hydrogen-bond acceptors (Lipinski definition) is 7. The lowest BCUT2D eigenvalue weighted by molar-refractivity contribution is -0.134. The van der Waals surface area contributed by atoms with Gasteiger partial charge in [0.25, 0.3) is 0 Å². The van der Waals surface area contributed by atoms with Gasteiger partial charge in [-0.15, -0.1) is 0 Å². The molecule has 0 bridgehead atoms. The Kier molecular flexibility index (Phi) is 6.64. The minimum atomic E-state index is -0.137. The number of rotatable bonds is 8. The van der Waals surface area contributed by atoms with E-state index in [1.807, 2.05) is 36.4 Å². The molecule has 2 heterocycles. The number of benzene rings is 3. The van der Waals surface area contributed by atoms with Gasteiger partial charge in [0.1, 0.15) is 24.0 Å². The molecule has 5 rings (SSSR count). The van der Waals surface area contributed by atoms with Crippen molar-refractivity contribution in [2.75, 3.05) is 32.6 Å². The Hall–Kier alpha value is -4.59. The van der Waals surface area contributed by atoms with Crippen molar-refractivity contribution in [3.05, 3.63) is 79.1 Å². The minimum absolute atomic E-state index is 0.105. The number of carbonyl (C=O) groups is 1. The third-order valence-corrected chi connectivity index (χ3v) is 6.35. The van der Waals surface area contributed by atoms with Crippen LogP contribution in [-0.4, -0.2) is 54.2 Å². The summed E-state index contributed by atoms with van der Waals surface area (Å²) < 4.78 is 17.4. The van der Waals surface area contributed by atoms with Crippen molar-refractivity contribution < 1.29 is 19.0 Å². The summed E-state index contributed by atoms with van der Waals surface area (Å²) in [6.45, 7) is 6.59. The van der Waals surface area contributed by atoms with Crippen molar-refractivity contribution in [3.8, 4) is 28.4 Å². The van der Waals surface area contributed by atoms with Gasteiger partial charge in [0.15, 0.2) is 11.5 Å². The zero-order valence-electron chi connectivity index (χ0n) is 21.0. The summed E-state index contributed by atoms with van der Waals surface area (Å²) in [7, 11) is 3.23. The summed E-state index contributed by atoms with van der Waals surface area (Å²) in [5, 5.41) is 4.19. The summed E-state index contributed by atoms with van der Waals surface area (Å²) in [4.78, 5) is 22.4. The number of likely N-dealkylation sites (tertiary alicyclic amines) is 1. The Labute approximate surface area is 215 Å². The molecule has 1 N–H and O–H groups in total. The molecule has 8 heteroatoms. The van der Waals surface area contributed by atoms with E-state index < -0.39 is 0 Å². The minimum Gasteiger partial charge on any atom is -0.495 e. The van der Waals surface area contributed by atoms with Gasteiger partial charge in [-0.05, 0) is 42.3 Å². The van der Waals surface area contributed by atoms with Crippen LogP contribution in [0.5, 0.6) is 17.2 Å². The predicted octanol–water partition coefficient (Wildman–Crippen LogP) is 5.14. The number of aromatic nitrogens is 2. The Bertz CT molecular complexity index is 1480. The van der Waals surface area contributed by atoms with Crippen molar-refractivity contribution >= 4 is 28.3 Å². The first-order chi connectivity index (χ1) is 18.0. The van der Waals surface area contributed by atoms with E-state index >= 15 is 0 Å². The SMILES string of the molecule is C=CC(=O)N1CC(Oc2cc3c(Nc4cc(-c5cccc(C)c5)ccc4OC)ncnc3cc2OC)C1. The van der Waals surface area contributed by atoms with Crippen LogP contribution in [0.3, 0.4) is 0 Å². The van der Waals surface area contributed by atoms with Gasteiger partial charge in [0, 0.05) is 11.5 Å². The van der Waals surface area contributed by atoms with E-state index in [4.69, 9.17) is 14.2 Å². The standard InChI is InChI=1S/C29H28N4O4/c1-5-28(34)33-15-21(16-33)37-27-13-22-23(14-26(27)36-4)30-17-31-29(22)32-24-12-20(9-10-25(24)35-3)19-8-6-7-18(2)11-19/h5-14,17,21H,1,15-16H2,2-4H3,(H,30,31,32). The normalized spacial score (nSPS) is 13.1. The van der Waals surface area contributed by atoms with Crippen LogP contribution in [0.25, 0.3) is 22.0 Å². The van der Waals surface area contributed by atoms with Crippen LogP contribution in [0.4, 0.5) is 11.5 Å². The van der Waals surface area contributed by atoms with E-state index in [1.165, 1.54) is 18.0 Å². The number of fused-ring (bicyclic) bond motifs is 1. The Morgan fingerprint density at radius 3 is 2.51 bits per heavy atom. The molecule has 4 aromatic rings. The topological polar surface area (TPSA) is 85.8 Å². The lowest BCUT2D eigenvalue weighted by atomic mass is 10.0. The van der Waals surface area contributed by atoms with Crippen molar-refractivity contribution in [1.82, 2.24) is 14.9 Å². The molecule has 188 valence electrons. The van der Waals surface area contributed by atoms with E-state index in [0.717, 1.165) is 22.2 Å². The second-order valence-electron chi connectivity index (χ2n) is 8.84. The number of carbonyl (C=O) groups excluding carboxylic acids is 1. The van der Waals surface area contributed by atoms with Gasteiger partial charge in [0.05, 0.1) is 38.5 Å². The van der Waals surface area contributed by atoms with Crippen molar-refractivity contribution in [3.63, 3.8) is 0 Å². The summed E-state index contributed by atoms with van der Waals surface area (Å²) in [5.41, 5.74) is 4.84. The van der Waals surface area contributed by atoms with Gasteiger partial charge < -0.3 is 24.4 Å². The van der Waals surface area contributed by atoms with Gasteiger partial charge in [-0.2, -0.15) is 0 Å². The number of nitrogens with zero attached hydrogens (tertiary/aromatic N) is 3. The second-order valence-corrected chi connectivity index (χ2v) is 8.84. The number of hydrogen-bond donors (Lipinski definition) is 1. The molecule has 1 saturated heterocycles. The molecule has 1 aliphatic heterocycles. The highest BCUT2D eigenvalue weighted by molar-refractivity contribution is 5.94. The molecule has 0 spiro atoms. The maximum atomic E-state index is 11.8. The van der Waals surface area contributed by atoms with Crippen molar-refractivity contribution in [2.24, 2.45) is 0 Å². The van der Waals surface area contributed by atoms with Crippen molar-refractivity contribution in [2.45, 2.75) is 13.0 Å². The van der Waals surface area contributed by atoms with E-state index in [0.29, 0.717) is 41.7 Å². The number of amides is 1. The van der Waals surface area contributed by atoms with Crippen LogP contribution in [0, 0.1) is 6.92 Å². The van der Waals surface area contributed by atoms with E-state index in [1.54, 1.807) is 19.1 Å². The molecule has 0 radical (unpaired) electrons. The van der Waals surface area contributed by atoms with Crippen LogP contribution >= 0.6 is 0 Å². The molecule has 1 amide bonds. The predicted molar refractivity (Wildman–Crippen MR) is 144 cm³/mol. The molecule has 0 saturated carbocycles. The number of anilines is 2. The first-order valence-corrected chi connectivity index (χ1v) is 11.9. The van der Waals surface area contributed by atoms with Crippen molar-refractivity contribution in [1.29, 1.82) is 0 Å². The van der Waals surface area contributed by atoms with Gasteiger partial charge >= 0.3 is 0 Å². The maximum Gasteiger partial charge on any atom is 0.246 e. The second kappa shape index (κ2) is 10.2. The highest BCUT2D eigenvalue weighted by Crippen LogP contribution is 2.38. The molecule has 0 atom stereocenters. The molecule has 0 aliphatic carbocycles. The van der Waals surface area contributed by atoms with Crippen LogP contribution in [0.15, 0.2) is 73.6 Å². The fraction of sp³-hybridized carbons (Fsp3) is 0.207. The van der Waals surface area contributed by atoms with E-state index in [9.17, 15) is 4.79 Å². The summed E-state index contributed by atoms with van der Waals surface area (Å²) >= 11 is 0. The summed E-state index contributed by atoms with van der Waals surface area (Å²) in [6.07, 6.45) is 2.68. The quantitative estimate of drug-likeness (QED) is 0.338. The Morgan fingerprint density at radius 1 is 1.00 bits per heavy atom. The average molecular weight is 497 g/mol. The molecule has 1 aliphatic rings. The zero-order chi connectivity index (χ0) is 25.9. The van der Waals surface area contributed by atoms with Gasteiger partial charge in [0.2, 0.25) is 5.91 Å². The lowest BCUT2D eigenvalue weighted by Gasteiger charge is -2.38. The summed E-state index contributed by atoms with van der Waals surface area (Å²) in [6, 6.07) is 18.1. The molecule has 37 heavy (non-hydrogen) atoms. The molecular formula is C29H28N4O4. The first-order valence-electron chi connectivity index (χ1n) is 11.9. The molecular weight excluding hydrogens is 468 g/mol. The van der Waals surface area contributed by atoms with E-state index in [-0.39, 0.29) is 12.0 Å². The number of aryl methyl sites for hydroxylation is 1. The lowest BCUT2D eigenvalue weighted by Crippen LogP contribution is -2.55. The molecule has 1 aromatic heterocycles. The molecule has 8 nitrogen and oxygen atoms in total. The smallest absolute Gasteiger partial charge is 0.246 e. The number of ether oxygens (including phenoxy) is 3.